The average molecular weight is 442 g/mol. The van der Waals surface area contributed by atoms with Gasteiger partial charge in [-0.25, -0.2) is 15.0 Å². The van der Waals surface area contributed by atoms with Gasteiger partial charge >= 0.3 is 0 Å². The standard InChI is InChI=1S/C22H27N5O3S/c1-15-8-21(11-29-15)3-6-27(7-4-21)17-9-25-18(10-24-17)31-16-2-5-23-20-19(16)30-14-22(26-20)12-28-13-22/h2,5,9-10,15H,3-4,6-8,11-14H2,1H3,(H,23,26)/t15-/m0/s1. The van der Waals surface area contributed by atoms with Crippen LogP contribution in [0, 0.1) is 5.41 Å². The largest absolute Gasteiger partial charge is 0.486 e. The van der Waals surface area contributed by atoms with Crippen LogP contribution in [0.25, 0.3) is 0 Å². The van der Waals surface area contributed by atoms with Gasteiger partial charge in [0.1, 0.15) is 23.0 Å². The number of nitrogens with one attached hydrogen (secondary N) is 1. The van der Waals surface area contributed by atoms with Crippen molar-refractivity contribution in [2.45, 2.75) is 47.8 Å². The molecule has 0 amide bonds. The summed E-state index contributed by atoms with van der Waals surface area (Å²) in [6.07, 6.45) is 9.45. The monoisotopic (exact) mass is 441 g/mol. The van der Waals surface area contributed by atoms with Crippen LogP contribution in [0.5, 0.6) is 5.75 Å². The van der Waals surface area contributed by atoms with Crippen molar-refractivity contribution >= 4 is 23.4 Å². The van der Waals surface area contributed by atoms with E-state index in [2.05, 4.69) is 27.1 Å². The molecule has 6 rings (SSSR count). The molecule has 3 fully saturated rings. The number of pyridine rings is 1. The minimum absolute atomic E-state index is 0.125. The summed E-state index contributed by atoms with van der Waals surface area (Å²) in [5.74, 6) is 2.51. The number of aromatic nitrogens is 3. The first-order chi connectivity index (χ1) is 15.1. The first kappa shape index (κ1) is 19.6. The first-order valence-electron chi connectivity index (χ1n) is 11.0. The van der Waals surface area contributed by atoms with E-state index in [-0.39, 0.29) is 5.54 Å². The summed E-state index contributed by atoms with van der Waals surface area (Å²) in [5, 5.41) is 4.33. The molecule has 3 saturated heterocycles. The Morgan fingerprint density at radius 3 is 2.65 bits per heavy atom. The fourth-order valence-electron chi connectivity index (χ4n) is 4.98. The van der Waals surface area contributed by atoms with Gasteiger partial charge in [0.25, 0.3) is 0 Å². The Morgan fingerprint density at radius 2 is 1.97 bits per heavy atom. The summed E-state index contributed by atoms with van der Waals surface area (Å²) in [6.45, 7) is 7.02. The maximum Gasteiger partial charge on any atom is 0.175 e. The highest BCUT2D eigenvalue weighted by Gasteiger charge is 2.44. The van der Waals surface area contributed by atoms with Gasteiger partial charge in [-0.2, -0.15) is 0 Å². The molecule has 4 aliphatic rings. The third-order valence-electron chi connectivity index (χ3n) is 6.87. The summed E-state index contributed by atoms with van der Waals surface area (Å²) in [4.78, 5) is 17.2. The summed E-state index contributed by atoms with van der Waals surface area (Å²) in [5.41, 5.74) is 0.248. The molecule has 31 heavy (non-hydrogen) atoms. The number of nitrogens with zero attached hydrogens (tertiary/aromatic N) is 4. The van der Waals surface area contributed by atoms with Crippen molar-refractivity contribution in [3.8, 4) is 5.75 Å². The Labute approximate surface area is 186 Å². The van der Waals surface area contributed by atoms with Crippen molar-refractivity contribution in [3.63, 3.8) is 0 Å². The lowest BCUT2D eigenvalue weighted by atomic mass is 9.77. The van der Waals surface area contributed by atoms with Gasteiger partial charge in [0, 0.05) is 19.3 Å². The molecule has 8 nitrogen and oxygen atoms in total. The van der Waals surface area contributed by atoms with E-state index >= 15 is 0 Å². The Kier molecular flexibility index (Phi) is 4.73. The maximum atomic E-state index is 6.06. The second kappa shape index (κ2) is 7.50. The summed E-state index contributed by atoms with van der Waals surface area (Å²) in [6, 6.07) is 1.96. The van der Waals surface area contributed by atoms with Gasteiger partial charge in [-0.05, 0) is 37.7 Å². The van der Waals surface area contributed by atoms with Gasteiger partial charge in [-0.1, -0.05) is 11.8 Å². The zero-order valence-electron chi connectivity index (χ0n) is 17.7. The number of hydrogen-bond acceptors (Lipinski definition) is 9. The molecular weight excluding hydrogens is 414 g/mol. The molecular formula is C22H27N5O3S. The van der Waals surface area contributed by atoms with Gasteiger partial charge in [0.2, 0.25) is 0 Å². The van der Waals surface area contributed by atoms with Crippen molar-refractivity contribution in [3.05, 3.63) is 24.7 Å². The van der Waals surface area contributed by atoms with E-state index in [1.807, 2.05) is 18.5 Å². The molecule has 9 heteroatoms. The number of rotatable bonds is 3. The normalized spacial score (nSPS) is 25.6. The number of ether oxygens (including phenoxy) is 3. The molecule has 2 aromatic rings. The SMILES string of the molecule is C[C@H]1CC2(CCN(c3cnc(Sc4ccnc5c4OCC4(COC4)N5)cn3)CC2)CO1. The molecule has 0 saturated carbocycles. The number of piperidine rings is 1. The molecule has 0 radical (unpaired) electrons. The highest BCUT2D eigenvalue weighted by molar-refractivity contribution is 7.99. The molecule has 0 bridgehead atoms. The fraction of sp³-hybridized carbons (Fsp3) is 0.591. The van der Waals surface area contributed by atoms with E-state index in [0.717, 1.165) is 59.8 Å². The van der Waals surface area contributed by atoms with Crippen LogP contribution in [0.1, 0.15) is 26.2 Å². The van der Waals surface area contributed by atoms with Crippen LogP contribution in [0.4, 0.5) is 11.6 Å². The van der Waals surface area contributed by atoms with Crippen molar-refractivity contribution in [2.75, 3.05) is 49.7 Å². The molecule has 4 aliphatic heterocycles. The van der Waals surface area contributed by atoms with Crippen LogP contribution >= 0.6 is 11.8 Å². The topological polar surface area (TPSA) is 81.6 Å². The van der Waals surface area contributed by atoms with E-state index in [4.69, 9.17) is 19.2 Å². The van der Waals surface area contributed by atoms with Gasteiger partial charge in [-0.15, -0.1) is 0 Å². The van der Waals surface area contributed by atoms with Gasteiger partial charge in [0.05, 0.1) is 43.2 Å². The number of hydrogen-bond donors (Lipinski definition) is 1. The predicted octanol–water partition coefficient (Wildman–Crippen LogP) is 2.99. The zero-order chi connectivity index (χ0) is 20.9. The van der Waals surface area contributed by atoms with Gasteiger partial charge in [0.15, 0.2) is 11.6 Å². The zero-order valence-corrected chi connectivity index (χ0v) is 18.5. The maximum absolute atomic E-state index is 6.06. The lowest BCUT2D eigenvalue weighted by Crippen LogP contribution is -2.61. The Balaban J connectivity index is 1.12. The van der Waals surface area contributed by atoms with E-state index < -0.39 is 0 Å². The number of fused-ring (bicyclic) bond motifs is 1. The molecule has 1 atom stereocenters. The summed E-state index contributed by atoms with van der Waals surface area (Å²) in [7, 11) is 0. The Hall–Kier alpha value is -2.10. The molecule has 0 unspecified atom stereocenters. The van der Waals surface area contributed by atoms with Crippen LogP contribution in [0.15, 0.2) is 34.6 Å². The van der Waals surface area contributed by atoms with E-state index in [9.17, 15) is 0 Å². The highest BCUT2D eigenvalue weighted by Crippen LogP contribution is 2.44. The molecule has 2 aromatic heterocycles. The van der Waals surface area contributed by atoms with Crippen LogP contribution in [-0.4, -0.2) is 66.1 Å². The second-order valence-electron chi connectivity index (χ2n) is 9.30. The lowest BCUT2D eigenvalue weighted by Gasteiger charge is -2.44. The van der Waals surface area contributed by atoms with Gasteiger partial charge in [-0.3, -0.25) is 0 Å². The molecule has 2 spiro atoms. The average Bonchev–Trinajstić information content (AvgIpc) is 3.13. The van der Waals surface area contributed by atoms with Crippen LogP contribution in [-0.2, 0) is 9.47 Å². The van der Waals surface area contributed by atoms with Crippen molar-refractivity contribution < 1.29 is 14.2 Å². The van der Waals surface area contributed by atoms with Crippen LogP contribution in [0.3, 0.4) is 0 Å². The van der Waals surface area contributed by atoms with Crippen LogP contribution < -0.4 is 15.0 Å². The Morgan fingerprint density at radius 1 is 1.10 bits per heavy atom. The fourth-order valence-corrected chi connectivity index (χ4v) is 5.80. The Bertz CT molecular complexity index is 960. The van der Waals surface area contributed by atoms with Crippen LogP contribution in [0.2, 0.25) is 0 Å². The van der Waals surface area contributed by atoms with E-state index in [1.54, 1.807) is 18.0 Å². The minimum atomic E-state index is -0.125. The van der Waals surface area contributed by atoms with Crippen molar-refractivity contribution in [1.29, 1.82) is 0 Å². The van der Waals surface area contributed by atoms with Gasteiger partial charge < -0.3 is 24.4 Å². The second-order valence-corrected chi connectivity index (χ2v) is 10.4. The minimum Gasteiger partial charge on any atom is -0.486 e. The molecule has 0 aromatic carbocycles. The third-order valence-corrected chi connectivity index (χ3v) is 7.83. The highest BCUT2D eigenvalue weighted by atomic mass is 32.2. The van der Waals surface area contributed by atoms with Crippen molar-refractivity contribution in [2.24, 2.45) is 5.41 Å². The smallest absolute Gasteiger partial charge is 0.175 e. The molecule has 0 aliphatic carbocycles. The van der Waals surface area contributed by atoms with Crippen molar-refractivity contribution in [1.82, 2.24) is 15.0 Å². The van der Waals surface area contributed by atoms with E-state index in [0.29, 0.717) is 31.3 Å². The molecule has 1 N–H and O–H groups in total. The quantitative estimate of drug-likeness (QED) is 0.773. The third kappa shape index (κ3) is 3.62. The number of anilines is 2. The summed E-state index contributed by atoms with van der Waals surface area (Å²) >= 11 is 1.55. The summed E-state index contributed by atoms with van der Waals surface area (Å²) < 4.78 is 17.3. The molecule has 164 valence electrons. The lowest BCUT2D eigenvalue weighted by molar-refractivity contribution is -0.0652. The predicted molar refractivity (Wildman–Crippen MR) is 117 cm³/mol. The van der Waals surface area contributed by atoms with E-state index in [1.165, 1.54) is 6.42 Å². The molecule has 6 heterocycles. The first-order valence-corrected chi connectivity index (χ1v) is 11.8.